The van der Waals surface area contributed by atoms with Crippen LogP contribution in [0.3, 0.4) is 0 Å². The first-order chi connectivity index (χ1) is 12.1. The van der Waals surface area contributed by atoms with Gasteiger partial charge in [0.15, 0.2) is 0 Å². The number of carbonyl (C=O) groups excluding carboxylic acids is 2. The van der Waals surface area contributed by atoms with Crippen LogP contribution >= 0.6 is 11.8 Å². The van der Waals surface area contributed by atoms with E-state index in [1.54, 1.807) is 0 Å². The number of fused-ring (bicyclic) bond motifs is 1. The predicted molar refractivity (Wildman–Crippen MR) is 104 cm³/mol. The van der Waals surface area contributed by atoms with Crippen molar-refractivity contribution in [2.75, 3.05) is 16.4 Å². The van der Waals surface area contributed by atoms with Crippen LogP contribution in [0.5, 0.6) is 0 Å². The Bertz CT molecular complexity index is 902. The van der Waals surface area contributed by atoms with Crippen molar-refractivity contribution in [3.05, 3.63) is 66.7 Å². The third-order valence-electron chi connectivity index (χ3n) is 3.61. The molecule has 0 saturated carbocycles. The third kappa shape index (κ3) is 4.61. The van der Waals surface area contributed by atoms with Gasteiger partial charge in [0.05, 0.1) is 5.75 Å². The van der Waals surface area contributed by atoms with Gasteiger partial charge in [-0.15, -0.1) is 11.8 Å². The number of hydrogen-bond acceptors (Lipinski definition) is 3. The number of anilines is 2. The minimum absolute atomic E-state index is 0.0488. The first-order valence-electron chi connectivity index (χ1n) is 7.90. The summed E-state index contributed by atoms with van der Waals surface area (Å²) < 4.78 is 0. The third-order valence-corrected chi connectivity index (χ3v) is 4.62. The Morgan fingerprint density at radius 2 is 1.60 bits per heavy atom. The Kier molecular flexibility index (Phi) is 5.36. The van der Waals surface area contributed by atoms with E-state index in [-0.39, 0.29) is 11.8 Å². The molecule has 0 aliphatic rings. The highest BCUT2D eigenvalue weighted by Crippen LogP contribution is 2.24. The quantitative estimate of drug-likeness (QED) is 0.665. The van der Waals surface area contributed by atoms with Crippen LogP contribution in [-0.4, -0.2) is 17.6 Å². The van der Waals surface area contributed by atoms with Crippen molar-refractivity contribution in [2.45, 2.75) is 11.8 Å². The summed E-state index contributed by atoms with van der Waals surface area (Å²) in [5.41, 5.74) is 1.57. The van der Waals surface area contributed by atoms with Crippen molar-refractivity contribution < 1.29 is 9.59 Å². The Morgan fingerprint density at radius 3 is 2.36 bits per heavy atom. The molecule has 5 heteroatoms. The molecule has 3 aromatic carbocycles. The Labute approximate surface area is 150 Å². The van der Waals surface area contributed by atoms with Gasteiger partial charge in [0.1, 0.15) is 0 Å². The average Bonchev–Trinajstić information content (AvgIpc) is 2.61. The Hall–Kier alpha value is -2.79. The smallest absolute Gasteiger partial charge is 0.234 e. The molecular formula is C20H18N2O2S. The number of thioether (sulfide) groups is 1. The molecule has 0 heterocycles. The first-order valence-corrected chi connectivity index (χ1v) is 8.88. The maximum atomic E-state index is 12.3. The molecular weight excluding hydrogens is 332 g/mol. The number of hydrogen-bond donors (Lipinski definition) is 2. The van der Waals surface area contributed by atoms with Crippen molar-refractivity contribution in [3.8, 4) is 0 Å². The molecule has 0 saturated heterocycles. The second-order valence-corrected chi connectivity index (χ2v) is 6.62. The second kappa shape index (κ2) is 7.85. The van der Waals surface area contributed by atoms with Gasteiger partial charge < -0.3 is 10.6 Å². The van der Waals surface area contributed by atoms with Gasteiger partial charge in [-0.25, -0.2) is 0 Å². The standard InChI is InChI=1S/C20H18N2O2S/c1-14(23)21-16-9-11-17(12-10-16)25-13-20(24)22-19-8-4-6-15-5-2-3-7-18(15)19/h2-12H,13H2,1H3,(H,21,23)(H,22,24). The molecule has 126 valence electrons. The lowest BCUT2D eigenvalue weighted by Crippen LogP contribution is -2.14. The summed E-state index contributed by atoms with van der Waals surface area (Å²) in [5, 5.41) is 7.82. The van der Waals surface area contributed by atoms with Crippen molar-refractivity contribution in [1.29, 1.82) is 0 Å². The van der Waals surface area contributed by atoms with E-state index in [0.29, 0.717) is 5.75 Å². The molecule has 0 unspecified atom stereocenters. The van der Waals surface area contributed by atoms with Gasteiger partial charge in [0.25, 0.3) is 0 Å². The molecule has 0 radical (unpaired) electrons. The second-order valence-electron chi connectivity index (χ2n) is 5.57. The van der Waals surface area contributed by atoms with Gasteiger partial charge in [0.2, 0.25) is 11.8 Å². The molecule has 25 heavy (non-hydrogen) atoms. The summed E-state index contributed by atoms with van der Waals surface area (Å²) in [6, 6.07) is 21.3. The molecule has 2 amide bonds. The minimum atomic E-state index is -0.102. The highest BCUT2D eigenvalue weighted by molar-refractivity contribution is 8.00. The maximum Gasteiger partial charge on any atom is 0.234 e. The topological polar surface area (TPSA) is 58.2 Å². The summed E-state index contributed by atoms with van der Waals surface area (Å²) >= 11 is 1.46. The largest absolute Gasteiger partial charge is 0.326 e. The lowest BCUT2D eigenvalue weighted by atomic mass is 10.1. The van der Waals surface area contributed by atoms with E-state index in [2.05, 4.69) is 10.6 Å². The molecule has 0 aromatic heterocycles. The lowest BCUT2D eigenvalue weighted by Gasteiger charge is -2.09. The maximum absolute atomic E-state index is 12.3. The van der Waals surface area contributed by atoms with Crippen LogP contribution in [0.25, 0.3) is 10.8 Å². The van der Waals surface area contributed by atoms with Crippen LogP contribution in [0.1, 0.15) is 6.92 Å². The van der Waals surface area contributed by atoms with E-state index >= 15 is 0 Å². The molecule has 0 aliphatic heterocycles. The SMILES string of the molecule is CC(=O)Nc1ccc(SCC(=O)Nc2cccc3ccccc23)cc1. The van der Waals surface area contributed by atoms with E-state index < -0.39 is 0 Å². The van der Waals surface area contributed by atoms with E-state index in [9.17, 15) is 9.59 Å². The first kappa shape index (κ1) is 17.0. The fraction of sp³-hybridized carbons (Fsp3) is 0.100. The Morgan fingerprint density at radius 1 is 0.880 bits per heavy atom. The number of carbonyl (C=O) groups is 2. The number of rotatable bonds is 5. The van der Waals surface area contributed by atoms with Crippen molar-refractivity contribution in [3.63, 3.8) is 0 Å². The highest BCUT2D eigenvalue weighted by atomic mass is 32.2. The van der Waals surface area contributed by atoms with E-state index in [1.807, 2.05) is 66.7 Å². The molecule has 2 N–H and O–H groups in total. The van der Waals surface area contributed by atoms with E-state index in [0.717, 1.165) is 27.0 Å². The van der Waals surface area contributed by atoms with Crippen LogP contribution in [-0.2, 0) is 9.59 Å². The van der Waals surface area contributed by atoms with E-state index in [1.165, 1.54) is 18.7 Å². The fourth-order valence-corrected chi connectivity index (χ4v) is 3.21. The summed E-state index contributed by atoms with van der Waals surface area (Å²) in [6.07, 6.45) is 0. The predicted octanol–water partition coefficient (Wildman–Crippen LogP) is 4.53. The highest BCUT2D eigenvalue weighted by Gasteiger charge is 2.06. The fourth-order valence-electron chi connectivity index (χ4n) is 2.51. The van der Waals surface area contributed by atoms with Crippen molar-refractivity contribution in [2.24, 2.45) is 0 Å². The molecule has 0 atom stereocenters. The molecule has 0 aliphatic carbocycles. The lowest BCUT2D eigenvalue weighted by molar-refractivity contribution is -0.114. The summed E-state index contributed by atoms with van der Waals surface area (Å²) in [5.74, 6) is 0.171. The Balaban J connectivity index is 1.60. The number of nitrogens with one attached hydrogen (secondary N) is 2. The molecule has 0 fully saturated rings. The molecule has 4 nitrogen and oxygen atoms in total. The molecule has 3 aromatic rings. The average molecular weight is 350 g/mol. The summed E-state index contributed by atoms with van der Waals surface area (Å²) in [6.45, 7) is 1.47. The minimum Gasteiger partial charge on any atom is -0.326 e. The zero-order chi connectivity index (χ0) is 17.6. The van der Waals surface area contributed by atoms with Gasteiger partial charge in [0, 0.05) is 28.6 Å². The van der Waals surface area contributed by atoms with Gasteiger partial charge in [-0.1, -0.05) is 36.4 Å². The van der Waals surface area contributed by atoms with Gasteiger partial charge in [-0.3, -0.25) is 9.59 Å². The van der Waals surface area contributed by atoms with Crippen LogP contribution in [0.2, 0.25) is 0 Å². The molecule has 0 bridgehead atoms. The van der Waals surface area contributed by atoms with Gasteiger partial charge in [-0.05, 0) is 35.7 Å². The zero-order valence-corrected chi connectivity index (χ0v) is 14.6. The number of amides is 2. The summed E-state index contributed by atoms with van der Waals surface area (Å²) in [7, 11) is 0. The number of benzene rings is 3. The monoisotopic (exact) mass is 350 g/mol. The summed E-state index contributed by atoms with van der Waals surface area (Å²) in [4.78, 5) is 24.2. The van der Waals surface area contributed by atoms with Crippen LogP contribution in [0, 0.1) is 0 Å². The molecule has 0 spiro atoms. The molecule has 3 rings (SSSR count). The van der Waals surface area contributed by atoms with Gasteiger partial charge in [-0.2, -0.15) is 0 Å². The normalized spacial score (nSPS) is 10.4. The van der Waals surface area contributed by atoms with Crippen molar-refractivity contribution in [1.82, 2.24) is 0 Å². The zero-order valence-electron chi connectivity index (χ0n) is 13.8. The van der Waals surface area contributed by atoms with Crippen LogP contribution in [0.4, 0.5) is 11.4 Å². The van der Waals surface area contributed by atoms with Crippen LogP contribution in [0.15, 0.2) is 71.6 Å². The van der Waals surface area contributed by atoms with Crippen molar-refractivity contribution >= 4 is 45.7 Å². The van der Waals surface area contributed by atoms with E-state index in [4.69, 9.17) is 0 Å². The van der Waals surface area contributed by atoms with Gasteiger partial charge >= 0.3 is 0 Å². The van der Waals surface area contributed by atoms with Crippen LogP contribution < -0.4 is 10.6 Å².